The highest BCUT2D eigenvalue weighted by Crippen LogP contribution is 2.26. The summed E-state index contributed by atoms with van der Waals surface area (Å²) in [5, 5.41) is 4.72. The SMILES string of the molecule is COc1ccc([C@@H](CNC(=O)c2cnc3sccn3c2=O)N2CCCC2)cc1. The molecule has 2 aromatic heterocycles. The summed E-state index contributed by atoms with van der Waals surface area (Å²) in [5.74, 6) is 0.409. The molecule has 146 valence electrons. The molecular formula is C20H22N4O3S. The fraction of sp³-hybridized carbons (Fsp3) is 0.350. The molecule has 1 atom stereocenters. The van der Waals surface area contributed by atoms with E-state index in [-0.39, 0.29) is 17.2 Å². The lowest BCUT2D eigenvalue weighted by Gasteiger charge is -2.28. The van der Waals surface area contributed by atoms with Crippen LogP contribution < -0.4 is 15.6 Å². The maximum atomic E-state index is 12.7. The van der Waals surface area contributed by atoms with Gasteiger partial charge in [-0.1, -0.05) is 12.1 Å². The lowest BCUT2D eigenvalue weighted by atomic mass is 10.0. The summed E-state index contributed by atoms with van der Waals surface area (Å²) < 4.78 is 6.65. The van der Waals surface area contributed by atoms with Crippen molar-refractivity contribution in [2.75, 3.05) is 26.7 Å². The fourth-order valence-electron chi connectivity index (χ4n) is 3.60. The van der Waals surface area contributed by atoms with E-state index in [1.165, 1.54) is 21.9 Å². The Hall–Kier alpha value is -2.71. The number of carbonyl (C=O) groups is 1. The Morgan fingerprint density at radius 3 is 2.75 bits per heavy atom. The summed E-state index contributed by atoms with van der Waals surface area (Å²) in [4.78, 5) is 32.3. The first-order valence-corrected chi connectivity index (χ1v) is 10.2. The van der Waals surface area contributed by atoms with E-state index in [1.807, 2.05) is 24.3 Å². The standard InChI is InChI=1S/C20H22N4O3S/c1-27-15-6-4-14(5-7-15)17(23-8-2-3-9-23)13-21-18(25)16-12-22-20-24(19(16)26)10-11-28-20/h4-7,10-12,17H,2-3,8-9,13H2,1H3,(H,21,25)/t17-/m1/s1. The monoisotopic (exact) mass is 398 g/mol. The number of thiazole rings is 1. The molecule has 1 aromatic carbocycles. The van der Waals surface area contributed by atoms with Crippen molar-refractivity contribution in [1.82, 2.24) is 19.6 Å². The number of rotatable bonds is 6. The number of hydrogen-bond acceptors (Lipinski definition) is 6. The molecule has 1 aliphatic rings. The van der Waals surface area contributed by atoms with Gasteiger partial charge in [0.15, 0.2) is 4.96 Å². The van der Waals surface area contributed by atoms with Crippen molar-refractivity contribution in [3.8, 4) is 5.75 Å². The van der Waals surface area contributed by atoms with Gasteiger partial charge in [0.1, 0.15) is 11.3 Å². The van der Waals surface area contributed by atoms with E-state index in [0.717, 1.165) is 37.2 Å². The van der Waals surface area contributed by atoms with E-state index in [1.54, 1.807) is 18.7 Å². The molecule has 1 N–H and O–H groups in total. The second kappa shape index (κ2) is 8.12. The van der Waals surface area contributed by atoms with E-state index in [2.05, 4.69) is 15.2 Å². The molecule has 1 fully saturated rings. The first-order chi connectivity index (χ1) is 13.7. The lowest BCUT2D eigenvalue weighted by molar-refractivity contribution is 0.0936. The van der Waals surface area contributed by atoms with Gasteiger partial charge in [-0.2, -0.15) is 0 Å². The van der Waals surface area contributed by atoms with Crippen LogP contribution in [-0.2, 0) is 0 Å². The Morgan fingerprint density at radius 1 is 1.29 bits per heavy atom. The van der Waals surface area contributed by atoms with Crippen LogP contribution in [0.3, 0.4) is 0 Å². The molecule has 7 nitrogen and oxygen atoms in total. The minimum atomic E-state index is -0.393. The summed E-state index contributed by atoms with van der Waals surface area (Å²) in [6, 6.07) is 7.98. The van der Waals surface area contributed by atoms with Crippen molar-refractivity contribution in [3.63, 3.8) is 0 Å². The highest BCUT2D eigenvalue weighted by Gasteiger charge is 2.25. The smallest absolute Gasteiger partial charge is 0.271 e. The van der Waals surface area contributed by atoms with E-state index in [9.17, 15) is 9.59 Å². The summed E-state index contributed by atoms with van der Waals surface area (Å²) in [6.45, 7) is 2.42. The Labute approximate surface area is 166 Å². The van der Waals surface area contributed by atoms with Crippen LogP contribution in [0.1, 0.15) is 34.8 Å². The van der Waals surface area contributed by atoms with Crippen LogP contribution in [0.2, 0.25) is 0 Å². The molecule has 0 saturated carbocycles. The van der Waals surface area contributed by atoms with Gasteiger partial charge >= 0.3 is 0 Å². The zero-order valence-corrected chi connectivity index (χ0v) is 16.4. The van der Waals surface area contributed by atoms with Crippen LogP contribution in [-0.4, -0.2) is 46.9 Å². The van der Waals surface area contributed by atoms with Crippen molar-refractivity contribution >= 4 is 22.2 Å². The van der Waals surface area contributed by atoms with Gasteiger partial charge in [0.25, 0.3) is 11.5 Å². The minimum absolute atomic E-state index is 0.0537. The molecule has 4 rings (SSSR count). The maximum Gasteiger partial charge on any atom is 0.271 e. The molecule has 0 bridgehead atoms. The molecule has 0 radical (unpaired) electrons. The number of nitrogens with one attached hydrogen (secondary N) is 1. The van der Waals surface area contributed by atoms with Crippen LogP contribution in [0, 0.1) is 0 Å². The van der Waals surface area contributed by atoms with Crippen LogP contribution >= 0.6 is 11.3 Å². The van der Waals surface area contributed by atoms with Crippen molar-refractivity contribution in [2.24, 2.45) is 0 Å². The Balaban J connectivity index is 1.53. The zero-order valence-electron chi connectivity index (χ0n) is 15.6. The van der Waals surface area contributed by atoms with Gasteiger partial charge in [-0.15, -0.1) is 11.3 Å². The number of aromatic nitrogens is 2. The number of hydrogen-bond donors (Lipinski definition) is 1. The second-order valence-electron chi connectivity index (χ2n) is 6.77. The number of carbonyl (C=O) groups excluding carboxylic acids is 1. The fourth-order valence-corrected chi connectivity index (χ4v) is 4.28. The second-order valence-corrected chi connectivity index (χ2v) is 7.65. The number of ether oxygens (including phenoxy) is 1. The van der Waals surface area contributed by atoms with Crippen LogP contribution in [0.25, 0.3) is 4.96 Å². The quantitative estimate of drug-likeness (QED) is 0.690. The highest BCUT2D eigenvalue weighted by molar-refractivity contribution is 7.15. The third kappa shape index (κ3) is 3.65. The molecular weight excluding hydrogens is 376 g/mol. The van der Waals surface area contributed by atoms with Crippen molar-refractivity contribution < 1.29 is 9.53 Å². The molecule has 1 amide bonds. The molecule has 1 aliphatic heterocycles. The van der Waals surface area contributed by atoms with Crippen molar-refractivity contribution in [1.29, 1.82) is 0 Å². The van der Waals surface area contributed by atoms with Crippen LogP contribution in [0.15, 0.2) is 46.8 Å². The maximum absolute atomic E-state index is 12.7. The molecule has 0 aliphatic carbocycles. The largest absolute Gasteiger partial charge is 0.497 e. The predicted octanol–water partition coefficient (Wildman–Crippen LogP) is 2.33. The lowest BCUT2D eigenvalue weighted by Crippen LogP contribution is -2.38. The van der Waals surface area contributed by atoms with Gasteiger partial charge in [0, 0.05) is 24.3 Å². The number of nitrogens with zero attached hydrogens (tertiary/aromatic N) is 3. The van der Waals surface area contributed by atoms with Gasteiger partial charge in [0.2, 0.25) is 0 Å². The zero-order chi connectivity index (χ0) is 19.5. The first-order valence-electron chi connectivity index (χ1n) is 9.28. The van der Waals surface area contributed by atoms with E-state index < -0.39 is 5.91 Å². The van der Waals surface area contributed by atoms with E-state index >= 15 is 0 Å². The van der Waals surface area contributed by atoms with Gasteiger partial charge < -0.3 is 10.1 Å². The number of fused-ring (bicyclic) bond motifs is 1. The molecule has 0 unspecified atom stereocenters. The Bertz CT molecular complexity index is 1020. The summed E-state index contributed by atoms with van der Waals surface area (Å²) >= 11 is 1.36. The summed E-state index contributed by atoms with van der Waals surface area (Å²) in [6.07, 6.45) is 5.31. The Kier molecular flexibility index (Phi) is 5.40. The molecule has 3 heterocycles. The van der Waals surface area contributed by atoms with Gasteiger partial charge in [0.05, 0.1) is 13.2 Å². The summed E-state index contributed by atoms with van der Waals surface area (Å²) in [5.41, 5.74) is 0.836. The average molecular weight is 398 g/mol. The third-order valence-electron chi connectivity index (χ3n) is 5.13. The number of likely N-dealkylation sites (tertiary alicyclic amines) is 1. The normalized spacial score (nSPS) is 15.6. The van der Waals surface area contributed by atoms with Crippen LogP contribution in [0.5, 0.6) is 5.75 Å². The number of methoxy groups -OCH3 is 1. The number of amides is 1. The van der Waals surface area contributed by atoms with E-state index in [0.29, 0.717) is 11.5 Å². The van der Waals surface area contributed by atoms with E-state index in [4.69, 9.17) is 4.74 Å². The summed E-state index contributed by atoms with van der Waals surface area (Å²) in [7, 11) is 1.64. The van der Waals surface area contributed by atoms with Gasteiger partial charge in [-0.3, -0.25) is 18.9 Å². The minimum Gasteiger partial charge on any atom is -0.497 e. The molecule has 3 aromatic rings. The third-order valence-corrected chi connectivity index (χ3v) is 5.90. The highest BCUT2D eigenvalue weighted by atomic mass is 32.1. The van der Waals surface area contributed by atoms with Crippen LogP contribution in [0.4, 0.5) is 0 Å². The number of benzene rings is 1. The van der Waals surface area contributed by atoms with Gasteiger partial charge in [-0.05, 0) is 43.6 Å². The molecule has 8 heteroatoms. The molecule has 0 spiro atoms. The Morgan fingerprint density at radius 2 is 2.04 bits per heavy atom. The van der Waals surface area contributed by atoms with Gasteiger partial charge in [-0.25, -0.2) is 4.98 Å². The van der Waals surface area contributed by atoms with Crippen molar-refractivity contribution in [2.45, 2.75) is 18.9 Å². The first kappa shape index (κ1) is 18.6. The molecule has 1 saturated heterocycles. The topological polar surface area (TPSA) is 75.9 Å². The average Bonchev–Trinajstić information content (AvgIpc) is 3.41. The predicted molar refractivity (Wildman–Crippen MR) is 108 cm³/mol. The molecule has 28 heavy (non-hydrogen) atoms. The van der Waals surface area contributed by atoms with Crippen molar-refractivity contribution in [3.05, 3.63) is 63.5 Å².